The Kier molecular flexibility index (Phi) is 3.42. The van der Waals surface area contributed by atoms with E-state index >= 15 is 0 Å². The van der Waals surface area contributed by atoms with Crippen molar-refractivity contribution in [2.45, 2.75) is 26.1 Å². The molecule has 0 bridgehead atoms. The zero-order chi connectivity index (χ0) is 6.62. The van der Waals surface area contributed by atoms with Crippen molar-refractivity contribution >= 4 is 24.0 Å². The summed E-state index contributed by atoms with van der Waals surface area (Å²) in [6, 6.07) is 1.24. The highest BCUT2D eigenvalue weighted by atomic mass is 79.9. The van der Waals surface area contributed by atoms with E-state index in [4.69, 9.17) is 0 Å². The lowest BCUT2D eigenvalue weighted by Gasteiger charge is -2.08. The van der Waals surface area contributed by atoms with Gasteiger partial charge in [0.05, 0.1) is 0 Å². The molecule has 0 N–H and O–H groups in total. The summed E-state index contributed by atoms with van der Waals surface area (Å²) in [5, 5.41) is 0. The zero-order valence-corrected chi connectivity index (χ0v) is 8.17. The quantitative estimate of drug-likeness (QED) is 0.441. The van der Waals surface area contributed by atoms with Crippen molar-refractivity contribution in [3.05, 3.63) is 0 Å². The molecule has 0 aliphatic heterocycles. The van der Waals surface area contributed by atoms with Gasteiger partial charge in [-0.05, 0) is 10.9 Å². The second-order valence-electron chi connectivity index (χ2n) is 2.46. The SMILES string of the molecule is CC[Si](C)(C)C#CBr. The van der Waals surface area contributed by atoms with Gasteiger partial charge < -0.3 is 0 Å². The Morgan fingerprint density at radius 1 is 1.50 bits per heavy atom. The summed E-state index contributed by atoms with van der Waals surface area (Å²) in [7, 11) is -1.09. The van der Waals surface area contributed by atoms with Crippen molar-refractivity contribution in [1.29, 1.82) is 0 Å². The smallest absolute Gasteiger partial charge is 0.119 e. The van der Waals surface area contributed by atoms with E-state index in [0.717, 1.165) is 0 Å². The molecule has 2 heteroatoms. The van der Waals surface area contributed by atoms with E-state index in [-0.39, 0.29) is 0 Å². The first kappa shape index (κ1) is 8.26. The van der Waals surface area contributed by atoms with Gasteiger partial charge in [-0.3, -0.25) is 0 Å². The lowest BCUT2D eigenvalue weighted by molar-refractivity contribution is 1.39. The maximum absolute atomic E-state index is 3.18. The molecule has 0 heterocycles. The largest absolute Gasteiger partial charge is 0.133 e. The van der Waals surface area contributed by atoms with E-state index in [1.165, 1.54) is 6.04 Å². The van der Waals surface area contributed by atoms with Crippen LogP contribution in [0.5, 0.6) is 0 Å². The highest BCUT2D eigenvalue weighted by molar-refractivity contribution is 9.12. The van der Waals surface area contributed by atoms with E-state index in [1.54, 1.807) is 0 Å². The molecular formula is C6H11BrSi. The Morgan fingerprint density at radius 3 is 2.12 bits per heavy atom. The normalized spacial score (nSPS) is 10.0. The van der Waals surface area contributed by atoms with Gasteiger partial charge in [0.2, 0.25) is 0 Å². The van der Waals surface area contributed by atoms with Gasteiger partial charge in [0.1, 0.15) is 8.07 Å². The molecule has 0 aliphatic rings. The standard InChI is InChI=1S/C6H11BrSi/c1-4-8(2,3)6-5-7/h4H2,1-3H3. The van der Waals surface area contributed by atoms with Crippen molar-refractivity contribution in [2.75, 3.05) is 0 Å². The molecule has 0 unspecified atom stereocenters. The van der Waals surface area contributed by atoms with Crippen LogP contribution in [0.25, 0.3) is 0 Å². The van der Waals surface area contributed by atoms with Crippen LogP contribution < -0.4 is 0 Å². The van der Waals surface area contributed by atoms with Crippen LogP contribution in [0.1, 0.15) is 6.92 Å². The summed E-state index contributed by atoms with van der Waals surface area (Å²) in [6.07, 6.45) is 0. The first-order valence-electron chi connectivity index (χ1n) is 2.75. The molecule has 0 nitrogen and oxygen atoms in total. The van der Waals surface area contributed by atoms with Gasteiger partial charge in [0, 0.05) is 15.9 Å². The second-order valence-corrected chi connectivity index (χ2v) is 7.58. The van der Waals surface area contributed by atoms with E-state index in [1.807, 2.05) is 0 Å². The molecule has 0 aromatic heterocycles. The molecule has 46 valence electrons. The molecule has 0 saturated carbocycles. The number of hydrogen-bond donors (Lipinski definition) is 0. The Hall–Kier alpha value is 0.257. The van der Waals surface area contributed by atoms with E-state index < -0.39 is 8.07 Å². The number of hydrogen-bond acceptors (Lipinski definition) is 0. The minimum Gasteiger partial charge on any atom is -0.119 e. The zero-order valence-electron chi connectivity index (χ0n) is 5.59. The molecule has 0 radical (unpaired) electrons. The highest BCUT2D eigenvalue weighted by Gasteiger charge is 2.13. The van der Waals surface area contributed by atoms with Crippen LogP contribution in [0.15, 0.2) is 0 Å². The maximum atomic E-state index is 3.18. The minimum absolute atomic E-state index is 1.09. The Labute approximate surface area is 60.8 Å². The number of halogens is 1. The minimum atomic E-state index is -1.09. The highest BCUT2D eigenvalue weighted by Crippen LogP contribution is 2.05. The summed E-state index contributed by atoms with van der Waals surface area (Å²) in [5.74, 6) is 0. The molecule has 0 aliphatic carbocycles. The van der Waals surface area contributed by atoms with E-state index in [9.17, 15) is 0 Å². The average Bonchev–Trinajstić information content (AvgIpc) is 1.67. The predicted molar refractivity (Wildman–Crippen MR) is 44.7 cm³/mol. The van der Waals surface area contributed by atoms with Crippen molar-refractivity contribution in [2.24, 2.45) is 0 Å². The fraction of sp³-hybridized carbons (Fsp3) is 0.667. The van der Waals surface area contributed by atoms with Crippen LogP contribution in [-0.4, -0.2) is 8.07 Å². The van der Waals surface area contributed by atoms with Crippen LogP contribution in [0, 0.1) is 10.4 Å². The van der Waals surface area contributed by atoms with Crippen LogP contribution in [0.3, 0.4) is 0 Å². The lowest BCUT2D eigenvalue weighted by atomic mass is 11.0. The summed E-state index contributed by atoms with van der Waals surface area (Å²) in [6.45, 7) is 6.73. The molecule has 8 heavy (non-hydrogen) atoms. The van der Waals surface area contributed by atoms with E-state index in [2.05, 4.69) is 46.3 Å². The lowest BCUT2D eigenvalue weighted by Crippen LogP contribution is -2.20. The van der Waals surface area contributed by atoms with Crippen LogP contribution in [0.4, 0.5) is 0 Å². The second kappa shape index (κ2) is 3.32. The topological polar surface area (TPSA) is 0 Å². The van der Waals surface area contributed by atoms with Crippen LogP contribution in [-0.2, 0) is 0 Å². The third-order valence-electron chi connectivity index (χ3n) is 1.27. The molecule has 0 atom stereocenters. The van der Waals surface area contributed by atoms with Crippen molar-refractivity contribution in [3.63, 3.8) is 0 Å². The molecule has 0 aromatic rings. The van der Waals surface area contributed by atoms with Gasteiger partial charge in [0.15, 0.2) is 0 Å². The molecule has 0 rings (SSSR count). The summed E-state index contributed by atoms with van der Waals surface area (Å²) in [4.78, 5) is 2.78. The Morgan fingerprint density at radius 2 is 2.00 bits per heavy atom. The first-order valence-corrected chi connectivity index (χ1v) is 6.75. The van der Waals surface area contributed by atoms with Gasteiger partial charge in [-0.15, -0.1) is 5.54 Å². The van der Waals surface area contributed by atoms with Gasteiger partial charge in [-0.25, -0.2) is 0 Å². The van der Waals surface area contributed by atoms with Gasteiger partial charge in [0.25, 0.3) is 0 Å². The molecule has 0 aromatic carbocycles. The monoisotopic (exact) mass is 190 g/mol. The molecule has 0 amide bonds. The van der Waals surface area contributed by atoms with Gasteiger partial charge in [-0.1, -0.05) is 20.0 Å². The molecular weight excluding hydrogens is 180 g/mol. The summed E-state index contributed by atoms with van der Waals surface area (Å²) < 4.78 is 0. The number of rotatable bonds is 1. The Balaban J connectivity index is 3.85. The van der Waals surface area contributed by atoms with Gasteiger partial charge in [-0.2, -0.15) is 0 Å². The third kappa shape index (κ3) is 3.28. The summed E-state index contributed by atoms with van der Waals surface area (Å²) >= 11 is 3.10. The molecule has 0 spiro atoms. The third-order valence-corrected chi connectivity index (χ3v) is 4.40. The molecule has 0 fully saturated rings. The van der Waals surface area contributed by atoms with Crippen LogP contribution in [0.2, 0.25) is 19.1 Å². The van der Waals surface area contributed by atoms with E-state index in [0.29, 0.717) is 0 Å². The van der Waals surface area contributed by atoms with Crippen molar-refractivity contribution < 1.29 is 0 Å². The first-order chi connectivity index (χ1) is 3.62. The average molecular weight is 191 g/mol. The van der Waals surface area contributed by atoms with Crippen molar-refractivity contribution in [1.82, 2.24) is 0 Å². The van der Waals surface area contributed by atoms with Crippen molar-refractivity contribution in [3.8, 4) is 10.4 Å². The fourth-order valence-electron chi connectivity index (χ4n) is 0.216. The fourth-order valence-corrected chi connectivity index (χ4v) is 2.26. The van der Waals surface area contributed by atoms with Gasteiger partial charge >= 0.3 is 0 Å². The maximum Gasteiger partial charge on any atom is 0.133 e. The summed E-state index contributed by atoms with van der Waals surface area (Å²) in [5.41, 5.74) is 3.18. The van der Waals surface area contributed by atoms with Crippen LogP contribution >= 0.6 is 15.9 Å². The predicted octanol–water partition coefficient (Wildman–Crippen LogP) is 2.61. The Bertz CT molecular complexity index is 118. The molecule has 0 saturated heterocycles.